The van der Waals surface area contributed by atoms with E-state index < -0.39 is 0 Å². The molecule has 2 rings (SSSR count). The van der Waals surface area contributed by atoms with E-state index in [4.69, 9.17) is 4.74 Å². The number of carbonyl (C=O) groups is 1. The van der Waals surface area contributed by atoms with E-state index >= 15 is 0 Å². The molecule has 1 aliphatic rings. The molecule has 110 valence electrons. The highest BCUT2D eigenvalue weighted by Crippen LogP contribution is 2.27. The van der Waals surface area contributed by atoms with Gasteiger partial charge in [0.15, 0.2) is 6.61 Å². The zero-order valence-electron chi connectivity index (χ0n) is 13.0. The number of carbonyl (C=O) groups excluding carboxylic acids is 1. The van der Waals surface area contributed by atoms with Crippen molar-refractivity contribution in [2.24, 2.45) is 0 Å². The quantitative estimate of drug-likeness (QED) is 0.824. The van der Waals surface area contributed by atoms with E-state index in [1.54, 1.807) is 0 Å². The van der Waals surface area contributed by atoms with Gasteiger partial charge in [0.1, 0.15) is 5.75 Å². The standard InChI is InChI=1S/C17H25NO2/c1-5-18(14-8-9-14)16(19)12-20-15-10-6-13(7-11-15)17(2,3)4/h6-7,10-11,14H,5,8-9,12H2,1-4H3. The second kappa shape index (κ2) is 5.86. The van der Waals surface area contributed by atoms with Gasteiger partial charge in [-0.1, -0.05) is 32.9 Å². The number of amides is 1. The van der Waals surface area contributed by atoms with Crippen LogP contribution in [0.2, 0.25) is 0 Å². The van der Waals surface area contributed by atoms with Gasteiger partial charge in [0.05, 0.1) is 0 Å². The molecule has 1 aromatic rings. The smallest absolute Gasteiger partial charge is 0.260 e. The first kappa shape index (κ1) is 14.9. The van der Waals surface area contributed by atoms with Crippen LogP contribution < -0.4 is 4.74 Å². The highest BCUT2D eigenvalue weighted by Gasteiger charge is 2.31. The van der Waals surface area contributed by atoms with E-state index in [1.165, 1.54) is 5.56 Å². The summed E-state index contributed by atoms with van der Waals surface area (Å²) in [6, 6.07) is 8.48. The number of likely N-dealkylation sites (N-methyl/N-ethyl adjacent to an activating group) is 1. The molecule has 3 heteroatoms. The Morgan fingerprint density at radius 1 is 1.25 bits per heavy atom. The number of benzene rings is 1. The average molecular weight is 275 g/mol. The van der Waals surface area contributed by atoms with Crippen molar-refractivity contribution >= 4 is 5.91 Å². The molecule has 0 spiro atoms. The van der Waals surface area contributed by atoms with Crippen molar-refractivity contribution in [1.29, 1.82) is 0 Å². The molecule has 1 aromatic carbocycles. The molecule has 1 aliphatic carbocycles. The molecule has 1 amide bonds. The Kier molecular flexibility index (Phi) is 4.36. The minimum atomic E-state index is 0.0925. The van der Waals surface area contributed by atoms with Gasteiger partial charge in [-0.15, -0.1) is 0 Å². The molecular formula is C17H25NO2. The number of hydrogen-bond acceptors (Lipinski definition) is 2. The Balaban J connectivity index is 1.89. The van der Waals surface area contributed by atoms with Crippen LogP contribution in [-0.4, -0.2) is 30.0 Å². The Bertz CT molecular complexity index is 455. The van der Waals surface area contributed by atoms with Gasteiger partial charge in [0.2, 0.25) is 0 Å². The molecule has 20 heavy (non-hydrogen) atoms. The fourth-order valence-electron chi connectivity index (χ4n) is 2.30. The third kappa shape index (κ3) is 3.75. The Morgan fingerprint density at radius 3 is 2.30 bits per heavy atom. The van der Waals surface area contributed by atoms with Gasteiger partial charge in [-0.2, -0.15) is 0 Å². The van der Waals surface area contributed by atoms with Gasteiger partial charge in [-0.05, 0) is 42.9 Å². The van der Waals surface area contributed by atoms with Crippen molar-refractivity contribution in [2.45, 2.75) is 52.0 Å². The van der Waals surface area contributed by atoms with Crippen molar-refractivity contribution in [2.75, 3.05) is 13.2 Å². The first-order chi connectivity index (χ1) is 9.41. The largest absolute Gasteiger partial charge is 0.484 e. The SMILES string of the molecule is CCN(C(=O)COc1ccc(C(C)(C)C)cc1)C1CC1. The molecular weight excluding hydrogens is 250 g/mol. The summed E-state index contributed by atoms with van der Waals surface area (Å²) in [7, 11) is 0. The van der Waals surface area contributed by atoms with Gasteiger partial charge in [0.25, 0.3) is 5.91 Å². The molecule has 3 nitrogen and oxygen atoms in total. The molecule has 0 radical (unpaired) electrons. The lowest BCUT2D eigenvalue weighted by Gasteiger charge is -2.21. The average Bonchev–Trinajstić information content (AvgIpc) is 3.21. The lowest BCUT2D eigenvalue weighted by atomic mass is 9.87. The van der Waals surface area contributed by atoms with Crippen molar-refractivity contribution < 1.29 is 9.53 Å². The van der Waals surface area contributed by atoms with Crippen molar-refractivity contribution in [3.8, 4) is 5.75 Å². The molecule has 0 atom stereocenters. The molecule has 0 unspecified atom stereocenters. The summed E-state index contributed by atoms with van der Waals surface area (Å²) >= 11 is 0. The van der Waals surface area contributed by atoms with E-state index in [-0.39, 0.29) is 17.9 Å². The second-order valence-electron chi connectivity index (χ2n) is 6.47. The number of ether oxygens (including phenoxy) is 1. The lowest BCUT2D eigenvalue weighted by Crippen LogP contribution is -2.36. The molecule has 0 heterocycles. The van der Waals surface area contributed by atoms with Crippen LogP contribution in [-0.2, 0) is 10.2 Å². The van der Waals surface area contributed by atoms with Crippen LogP contribution in [0.25, 0.3) is 0 Å². The van der Waals surface area contributed by atoms with E-state index in [1.807, 2.05) is 24.0 Å². The predicted molar refractivity (Wildman–Crippen MR) is 81.0 cm³/mol. The minimum absolute atomic E-state index is 0.0925. The maximum atomic E-state index is 12.1. The molecule has 0 aliphatic heterocycles. The Labute approximate surface area is 121 Å². The monoisotopic (exact) mass is 275 g/mol. The van der Waals surface area contributed by atoms with Crippen LogP contribution in [0.15, 0.2) is 24.3 Å². The molecule has 0 N–H and O–H groups in total. The summed E-state index contributed by atoms with van der Waals surface area (Å²) in [4.78, 5) is 14.0. The number of nitrogens with zero attached hydrogens (tertiary/aromatic N) is 1. The fourth-order valence-corrected chi connectivity index (χ4v) is 2.30. The van der Waals surface area contributed by atoms with E-state index in [0.29, 0.717) is 6.04 Å². The summed E-state index contributed by atoms with van der Waals surface area (Å²) in [5.41, 5.74) is 1.41. The van der Waals surface area contributed by atoms with E-state index in [9.17, 15) is 4.79 Å². The van der Waals surface area contributed by atoms with Gasteiger partial charge >= 0.3 is 0 Å². The fraction of sp³-hybridized carbons (Fsp3) is 0.588. The van der Waals surface area contributed by atoms with Gasteiger partial charge in [0, 0.05) is 12.6 Å². The third-order valence-electron chi connectivity index (χ3n) is 3.73. The molecule has 0 bridgehead atoms. The van der Waals surface area contributed by atoms with Crippen LogP contribution in [0.1, 0.15) is 46.1 Å². The minimum Gasteiger partial charge on any atom is -0.484 e. The molecule has 0 aromatic heterocycles. The normalized spacial score (nSPS) is 15.0. The first-order valence-corrected chi connectivity index (χ1v) is 7.44. The molecule has 1 fully saturated rings. The van der Waals surface area contributed by atoms with Gasteiger partial charge in [-0.25, -0.2) is 0 Å². The van der Waals surface area contributed by atoms with Crippen molar-refractivity contribution in [3.05, 3.63) is 29.8 Å². The van der Waals surface area contributed by atoms with Crippen LogP contribution in [0, 0.1) is 0 Å². The summed E-state index contributed by atoms with van der Waals surface area (Å²) in [5.74, 6) is 0.855. The first-order valence-electron chi connectivity index (χ1n) is 7.44. The second-order valence-corrected chi connectivity index (χ2v) is 6.47. The Morgan fingerprint density at radius 2 is 1.85 bits per heavy atom. The summed E-state index contributed by atoms with van der Waals surface area (Å²) < 4.78 is 5.60. The van der Waals surface area contributed by atoms with Crippen LogP contribution >= 0.6 is 0 Å². The highest BCUT2D eigenvalue weighted by atomic mass is 16.5. The van der Waals surface area contributed by atoms with Gasteiger partial charge in [-0.3, -0.25) is 4.79 Å². The number of rotatable bonds is 5. The predicted octanol–water partition coefficient (Wildman–Crippen LogP) is 3.37. The maximum absolute atomic E-state index is 12.1. The van der Waals surface area contributed by atoms with Crippen LogP contribution in [0.4, 0.5) is 0 Å². The van der Waals surface area contributed by atoms with Crippen LogP contribution in [0.5, 0.6) is 5.75 Å². The lowest BCUT2D eigenvalue weighted by molar-refractivity contribution is -0.133. The Hall–Kier alpha value is -1.51. The highest BCUT2D eigenvalue weighted by molar-refractivity contribution is 5.78. The van der Waals surface area contributed by atoms with E-state index in [2.05, 4.69) is 32.9 Å². The zero-order chi connectivity index (χ0) is 14.8. The zero-order valence-corrected chi connectivity index (χ0v) is 13.0. The summed E-state index contributed by atoms with van der Waals surface area (Å²) in [6.45, 7) is 9.48. The van der Waals surface area contributed by atoms with E-state index in [0.717, 1.165) is 25.1 Å². The van der Waals surface area contributed by atoms with Crippen molar-refractivity contribution in [1.82, 2.24) is 4.90 Å². The third-order valence-corrected chi connectivity index (χ3v) is 3.73. The van der Waals surface area contributed by atoms with Gasteiger partial charge < -0.3 is 9.64 Å². The number of hydrogen-bond donors (Lipinski definition) is 0. The van der Waals surface area contributed by atoms with Crippen molar-refractivity contribution in [3.63, 3.8) is 0 Å². The summed E-state index contributed by atoms with van der Waals surface area (Å²) in [5, 5.41) is 0. The maximum Gasteiger partial charge on any atom is 0.260 e. The summed E-state index contributed by atoms with van der Waals surface area (Å²) in [6.07, 6.45) is 2.28. The van der Waals surface area contributed by atoms with Crippen LogP contribution in [0.3, 0.4) is 0 Å². The topological polar surface area (TPSA) is 29.5 Å². The molecule has 1 saturated carbocycles. The molecule has 0 saturated heterocycles.